The van der Waals surface area contributed by atoms with Gasteiger partial charge in [-0.15, -0.1) is 0 Å². The number of ether oxygens (including phenoxy) is 6. The van der Waals surface area contributed by atoms with Gasteiger partial charge in [0, 0.05) is 45.3 Å². The van der Waals surface area contributed by atoms with Gasteiger partial charge in [-0.25, -0.2) is 0 Å². The van der Waals surface area contributed by atoms with Crippen LogP contribution in [0.25, 0.3) is 0 Å². The van der Waals surface area contributed by atoms with Crippen molar-refractivity contribution in [2.24, 2.45) is 0 Å². The summed E-state index contributed by atoms with van der Waals surface area (Å²) < 4.78 is 33.5. The lowest BCUT2D eigenvalue weighted by Crippen LogP contribution is -2.59. The Morgan fingerprint density at radius 1 is 0.692 bits per heavy atom. The van der Waals surface area contributed by atoms with Crippen molar-refractivity contribution in [2.45, 2.75) is 183 Å². The molecule has 23 nitrogen and oxygen atoms in total. The summed E-state index contributed by atoms with van der Waals surface area (Å²) in [5.41, 5.74) is 0. The molecule has 2 saturated heterocycles. The molecule has 0 aromatic carbocycles. The van der Waals surface area contributed by atoms with Crippen LogP contribution in [-0.4, -0.2) is 216 Å². The first kappa shape index (κ1) is 58.9. The molecule has 0 radical (unpaired) electrons. The SMILES string of the molecule is CCC(=O)NCCCCCC(=O)NCCCCC(NC)NCCCCCC(=O)NCCO[C@@H](OC(CO[C@H]1OC(CO)CC(O)C1O)[C@H](C)O)C(O)CO[C@H]1OC(CO)[C@@H](O)C(O)C1O. The van der Waals surface area contributed by atoms with Crippen LogP contribution in [0.2, 0.25) is 0 Å². The van der Waals surface area contributed by atoms with Crippen molar-refractivity contribution in [3.8, 4) is 0 Å². The van der Waals surface area contributed by atoms with Gasteiger partial charge in [-0.05, 0) is 65.5 Å². The molecule has 0 saturated carbocycles. The Kier molecular flexibility index (Phi) is 30.9. The van der Waals surface area contributed by atoms with Crippen molar-refractivity contribution in [3.63, 3.8) is 0 Å². The minimum absolute atomic E-state index is 0.00756. The van der Waals surface area contributed by atoms with Crippen molar-refractivity contribution in [2.75, 3.05) is 66.3 Å². The number of carbonyl (C=O) groups is 3. The van der Waals surface area contributed by atoms with Crippen LogP contribution >= 0.6 is 0 Å². The number of carbonyl (C=O) groups excluding carboxylic acids is 3. The molecule has 2 aliphatic rings. The standard InChI is InChI=1S/C42H81N5O18/c1-4-33(53)45-17-11-6-8-14-34(54)46-18-12-9-13-32(43-3)44-16-10-5-7-15-35(55)47-19-20-60-40(29(52)24-61-42-39(59)38(58)37(57)30(23-49)64-42)65-31(26(2)50)25-62-41-36(56)28(51)21-27(22-48)63-41/h26-32,36-44,48-52,56-59H,4-25H2,1-3H3,(H,45,53)(H,46,54)(H,47,55)/t26-,27?,28?,29?,30?,31?,32?,36?,37+,38?,39?,40-,41-,42-/m0/s1. The molecule has 382 valence electrons. The molecule has 3 amide bonds. The predicted octanol–water partition coefficient (Wildman–Crippen LogP) is -3.70. The van der Waals surface area contributed by atoms with Gasteiger partial charge in [0.25, 0.3) is 0 Å². The van der Waals surface area contributed by atoms with E-state index >= 15 is 0 Å². The molecule has 65 heavy (non-hydrogen) atoms. The second-order valence-corrected chi connectivity index (χ2v) is 16.5. The molecule has 2 rings (SSSR count). The van der Waals surface area contributed by atoms with Gasteiger partial charge in [-0.3, -0.25) is 14.4 Å². The van der Waals surface area contributed by atoms with E-state index in [0.29, 0.717) is 32.4 Å². The maximum atomic E-state index is 12.6. The summed E-state index contributed by atoms with van der Waals surface area (Å²) in [5.74, 6) is -0.144. The molecule has 2 heterocycles. The smallest absolute Gasteiger partial charge is 0.220 e. The van der Waals surface area contributed by atoms with Crippen LogP contribution in [0.3, 0.4) is 0 Å². The Labute approximate surface area is 382 Å². The lowest BCUT2D eigenvalue weighted by molar-refractivity contribution is -0.316. The van der Waals surface area contributed by atoms with E-state index in [-0.39, 0.29) is 49.9 Å². The third-order valence-electron chi connectivity index (χ3n) is 11.1. The fourth-order valence-corrected chi connectivity index (χ4v) is 6.94. The van der Waals surface area contributed by atoms with E-state index in [2.05, 4.69) is 26.6 Å². The number of aliphatic hydroxyl groups is 9. The normalized spacial score (nSPS) is 27.0. The highest BCUT2D eigenvalue weighted by molar-refractivity contribution is 5.76. The van der Waals surface area contributed by atoms with Gasteiger partial charge in [0.05, 0.1) is 57.5 Å². The quantitative estimate of drug-likeness (QED) is 0.0212. The highest BCUT2D eigenvalue weighted by Crippen LogP contribution is 2.24. The number of unbranched alkanes of at least 4 members (excludes halogenated alkanes) is 5. The molecule has 14 N–H and O–H groups in total. The fraction of sp³-hybridized carbons (Fsp3) is 0.929. The number of aliphatic hydroxyl groups excluding tert-OH is 9. The van der Waals surface area contributed by atoms with Gasteiger partial charge in [0.1, 0.15) is 42.7 Å². The van der Waals surface area contributed by atoms with Crippen molar-refractivity contribution in [1.29, 1.82) is 0 Å². The summed E-state index contributed by atoms with van der Waals surface area (Å²) >= 11 is 0. The first-order valence-corrected chi connectivity index (χ1v) is 23.2. The second-order valence-electron chi connectivity index (χ2n) is 16.5. The number of hydrogen-bond donors (Lipinski definition) is 14. The summed E-state index contributed by atoms with van der Waals surface area (Å²) in [6.07, 6.45) is -9.81. The van der Waals surface area contributed by atoms with Crippen LogP contribution in [0.4, 0.5) is 0 Å². The average molecular weight is 944 g/mol. The maximum absolute atomic E-state index is 12.6. The second kappa shape index (κ2) is 34.1. The first-order valence-electron chi connectivity index (χ1n) is 23.2. The minimum atomic E-state index is -1.75. The summed E-state index contributed by atoms with van der Waals surface area (Å²) in [7, 11) is 1.88. The van der Waals surface area contributed by atoms with Crippen molar-refractivity contribution in [3.05, 3.63) is 0 Å². The van der Waals surface area contributed by atoms with Crippen LogP contribution in [0, 0.1) is 0 Å². The maximum Gasteiger partial charge on any atom is 0.220 e. The van der Waals surface area contributed by atoms with Crippen molar-refractivity contribution < 1.29 is 88.8 Å². The Morgan fingerprint density at radius 3 is 1.91 bits per heavy atom. The highest BCUT2D eigenvalue weighted by Gasteiger charge is 2.45. The van der Waals surface area contributed by atoms with Gasteiger partial charge in [0.2, 0.25) is 17.7 Å². The highest BCUT2D eigenvalue weighted by atomic mass is 16.7. The lowest BCUT2D eigenvalue weighted by Gasteiger charge is -2.40. The lowest BCUT2D eigenvalue weighted by atomic mass is 9.99. The predicted molar refractivity (Wildman–Crippen MR) is 231 cm³/mol. The zero-order valence-electron chi connectivity index (χ0n) is 38.3. The van der Waals surface area contributed by atoms with Crippen LogP contribution in [0.15, 0.2) is 0 Å². The summed E-state index contributed by atoms with van der Waals surface area (Å²) in [5, 5.41) is 107. The van der Waals surface area contributed by atoms with Crippen LogP contribution in [0.5, 0.6) is 0 Å². The zero-order valence-corrected chi connectivity index (χ0v) is 38.3. The number of hydrogen-bond acceptors (Lipinski definition) is 20. The number of rotatable bonds is 36. The third kappa shape index (κ3) is 23.5. The molecule has 2 fully saturated rings. The molecule has 0 aromatic heterocycles. The van der Waals surface area contributed by atoms with Crippen molar-refractivity contribution in [1.82, 2.24) is 26.6 Å². The molecule has 23 heteroatoms. The van der Waals surface area contributed by atoms with Crippen LogP contribution < -0.4 is 26.6 Å². The molecule has 14 atom stereocenters. The van der Waals surface area contributed by atoms with E-state index in [1.807, 2.05) is 14.0 Å². The molecule has 0 bridgehead atoms. The topological polar surface area (TPSA) is 349 Å². The fourth-order valence-electron chi connectivity index (χ4n) is 6.94. The van der Waals surface area contributed by atoms with Crippen molar-refractivity contribution >= 4 is 17.7 Å². The van der Waals surface area contributed by atoms with Gasteiger partial charge in [-0.1, -0.05) is 19.8 Å². The summed E-state index contributed by atoms with van der Waals surface area (Å²) in [6.45, 7) is 2.78. The Bertz CT molecular complexity index is 1280. The Balaban J connectivity index is 1.74. The van der Waals surface area contributed by atoms with Gasteiger partial charge >= 0.3 is 0 Å². The number of nitrogens with one attached hydrogen (secondary N) is 5. The van der Waals surface area contributed by atoms with E-state index in [4.69, 9.17) is 28.4 Å². The van der Waals surface area contributed by atoms with E-state index in [0.717, 1.165) is 57.9 Å². The van der Waals surface area contributed by atoms with E-state index in [9.17, 15) is 60.3 Å². The Hall–Kier alpha value is -2.27. The van der Waals surface area contributed by atoms with Gasteiger partial charge in [0.15, 0.2) is 18.9 Å². The minimum Gasteiger partial charge on any atom is -0.394 e. The molecule has 0 aromatic rings. The molecule has 0 aliphatic carbocycles. The molecule has 0 spiro atoms. The zero-order chi connectivity index (χ0) is 48.1. The van der Waals surface area contributed by atoms with Gasteiger partial charge < -0.3 is 101 Å². The van der Waals surface area contributed by atoms with Crippen LogP contribution in [0.1, 0.15) is 97.3 Å². The molecule has 9 unspecified atom stereocenters. The summed E-state index contributed by atoms with van der Waals surface area (Å²) in [6, 6.07) is 0. The first-order chi connectivity index (χ1) is 31.1. The average Bonchev–Trinajstić information content (AvgIpc) is 3.29. The van der Waals surface area contributed by atoms with Gasteiger partial charge in [-0.2, -0.15) is 0 Å². The monoisotopic (exact) mass is 944 g/mol. The summed E-state index contributed by atoms with van der Waals surface area (Å²) in [4.78, 5) is 36.0. The molecular weight excluding hydrogens is 862 g/mol. The van der Waals surface area contributed by atoms with E-state index in [1.54, 1.807) is 0 Å². The van der Waals surface area contributed by atoms with E-state index in [1.165, 1.54) is 6.92 Å². The van der Waals surface area contributed by atoms with E-state index < -0.39 is 106 Å². The number of amides is 3. The largest absolute Gasteiger partial charge is 0.394 e. The third-order valence-corrected chi connectivity index (χ3v) is 11.1. The van der Waals surface area contributed by atoms with Crippen LogP contribution in [-0.2, 0) is 42.8 Å². The Morgan fingerprint density at radius 2 is 1.29 bits per heavy atom. The molecule has 2 aliphatic heterocycles. The molecular formula is C42H81N5O18.